The van der Waals surface area contributed by atoms with Gasteiger partial charge in [0.05, 0.1) is 4.47 Å². The number of nitrogens with zero attached hydrogens (tertiary/aromatic N) is 3. The highest BCUT2D eigenvalue weighted by atomic mass is 79.9. The van der Waals surface area contributed by atoms with Gasteiger partial charge >= 0.3 is 0 Å². The van der Waals surface area contributed by atoms with Crippen molar-refractivity contribution < 1.29 is 0 Å². The van der Waals surface area contributed by atoms with Gasteiger partial charge in [0, 0.05) is 25.8 Å². The summed E-state index contributed by atoms with van der Waals surface area (Å²) >= 11 is 3.45. The molecule has 1 heterocycles. The van der Waals surface area contributed by atoms with Gasteiger partial charge in [-0.25, -0.2) is 4.98 Å². The van der Waals surface area contributed by atoms with Crippen LogP contribution in [0.5, 0.6) is 0 Å². The summed E-state index contributed by atoms with van der Waals surface area (Å²) in [5, 5.41) is 6.49. The second kappa shape index (κ2) is 8.26. The predicted molar refractivity (Wildman–Crippen MR) is 80.2 cm³/mol. The van der Waals surface area contributed by atoms with E-state index in [9.17, 15) is 0 Å². The van der Waals surface area contributed by atoms with Crippen molar-refractivity contribution in [2.45, 2.75) is 20.3 Å². The molecule has 0 saturated carbocycles. The number of anilines is 2. The molecule has 0 fully saturated rings. The van der Waals surface area contributed by atoms with E-state index in [0.717, 1.165) is 42.9 Å². The first-order chi connectivity index (χ1) is 8.67. The van der Waals surface area contributed by atoms with Crippen LogP contribution >= 0.6 is 15.9 Å². The first kappa shape index (κ1) is 15.2. The maximum absolute atomic E-state index is 4.43. The maximum Gasteiger partial charge on any atom is 0.224 e. The first-order valence-electron chi connectivity index (χ1n) is 6.36. The Hall–Kier alpha value is -0.880. The minimum absolute atomic E-state index is 0.673. The average molecular weight is 316 g/mol. The highest BCUT2D eigenvalue weighted by Crippen LogP contribution is 2.19. The molecule has 1 rings (SSSR count). The molecule has 0 aliphatic heterocycles. The van der Waals surface area contributed by atoms with E-state index >= 15 is 0 Å². The van der Waals surface area contributed by atoms with Crippen LogP contribution in [0.1, 0.15) is 20.3 Å². The Morgan fingerprint density at radius 2 is 2.06 bits per heavy atom. The van der Waals surface area contributed by atoms with Crippen LogP contribution in [0.3, 0.4) is 0 Å². The molecule has 0 spiro atoms. The number of rotatable bonds is 8. The normalized spacial score (nSPS) is 10.7. The second-order valence-corrected chi connectivity index (χ2v) is 4.99. The minimum atomic E-state index is 0.673. The van der Waals surface area contributed by atoms with Crippen molar-refractivity contribution in [3.05, 3.63) is 10.7 Å². The van der Waals surface area contributed by atoms with Crippen molar-refractivity contribution >= 4 is 27.7 Å². The van der Waals surface area contributed by atoms with Crippen LogP contribution in [0.4, 0.5) is 11.8 Å². The average Bonchev–Trinajstić information content (AvgIpc) is 2.39. The highest BCUT2D eigenvalue weighted by Gasteiger charge is 2.04. The van der Waals surface area contributed by atoms with Crippen LogP contribution < -0.4 is 10.6 Å². The fourth-order valence-corrected chi connectivity index (χ4v) is 1.67. The summed E-state index contributed by atoms with van der Waals surface area (Å²) in [5.41, 5.74) is 0. The van der Waals surface area contributed by atoms with Gasteiger partial charge in [-0.05, 0) is 35.9 Å². The van der Waals surface area contributed by atoms with Crippen molar-refractivity contribution in [2.24, 2.45) is 0 Å². The lowest BCUT2D eigenvalue weighted by molar-refractivity contribution is 0.367. The quantitative estimate of drug-likeness (QED) is 0.771. The third-order valence-electron chi connectivity index (χ3n) is 2.60. The van der Waals surface area contributed by atoms with Crippen LogP contribution in [0, 0.1) is 0 Å². The van der Waals surface area contributed by atoms with Crippen molar-refractivity contribution in [3.8, 4) is 0 Å². The molecule has 5 nitrogen and oxygen atoms in total. The van der Waals surface area contributed by atoms with E-state index in [1.807, 2.05) is 0 Å². The number of nitrogens with one attached hydrogen (secondary N) is 2. The zero-order valence-corrected chi connectivity index (χ0v) is 12.9. The largest absolute Gasteiger partial charge is 0.368 e. The van der Waals surface area contributed by atoms with Crippen molar-refractivity contribution in [3.63, 3.8) is 0 Å². The molecule has 0 aliphatic rings. The fraction of sp³-hybridized carbons (Fsp3) is 0.667. The summed E-state index contributed by atoms with van der Waals surface area (Å²) in [7, 11) is 2.10. The van der Waals surface area contributed by atoms with Gasteiger partial charge in [-0.2, -0.15) is 4.98 Å². The zero-order chi connectivity index (χ0) is 13.4. The summed E-state index contributed by atoms with van der Waals surface area (Å²) in [6, 6.07) is 0. The molecule has 1 aromatic heterocycles. The number of hydrogen-bond acceptors (Lipinski definition) is 5. The zero-order valence-electron chi connectivity index (χ0n) is 11.3. The van der Waals surface area contributed by atoms with E-state index in [2.05, 4.69) is 62.3 Å². The van der Waals surface area contributed by atoms with Crippen molar-refractivity contribution in [1.82, 2.24) is 14.9 Å². The molecular formula is C12H22BrN5. The van der Waals surface area contributed by atoms with Crippen LogP contribution in [-0.2, 0) is 0 Å². The number of aromatic nitrogens is 2. The van der Waals surface area contributed by atoms with Gasteiger partial charge in [0.2, 0.25) is 5.95 Å². The predicted octanol–water partition coefficient (Wildman–Crippen LogP) is 2.42. The minimum Gasteiger partial charge on any atom is -0.368 e. The third kappa shape index (κ3) is 5.18. The third-order valence-corrected chi connectivity index (χ3v) is 3.18. The first-order valence-corrected chi connectivity index (χ1v) is 7.15. The fourth-order valence-electron chi connectivity index (χ4n) is 1.34. The standard InChI is InChI=1S/C12H22BrN5/c1-4-6-15-12-16-9-10(13)11(17-12)14-7-8-18(3)5-2/h9H,4-8H2,1-3H3,(H2,14,15,16,17). The summed E-state index contributed by atoms with van der Waals surface area (Å²) in [6.07, 6.45) is 2.83. The molecule has 0 atom stereocenters. The van der Waals surface area contributed by atoms with Crippen LogP contribution in [0.15, 0.2) is 10.7 Å². The lowest BCUT2D eigenvalue weighted by atomic mass is 10.5. The van der Waals surface area contributed by atoms with E-state index in [1.165, 1.54) is 0 Å². The molecule has 2 N–H and O–H groups in total. The molecule has 0 radical (unpaired) electrons. The second-order valence-electron chi connectivity index (χ2n) is 4.14. The van der Waals surface area contributed by atoms with E-state index in [1.54, 1.807) is 6.20 Å². The van der Waals surface area contributed by atoms with E-state index in [4.69, 9.17) is 0 Å². The Balaban J connectivity index is 2.52. The van der Waals surface area contributed by atoms with E-state index in [-0.39, 0.29) is 0 Å². The molecule has 18 heavy (non-hydrogen) atoms. The van der Waals surface area contributed by atoms with Crippen LogP contribution in [-0.4, -0.2) is 48.1 Å². The summed E-state index contributed by atoms with van der Waals surface area (Å²) in [4.78, 5) is 10.9. The highest BCUT2D eigenvalue weighted by molar-refractivity contribution is 9.10. The Kier molecular flexibility index (Phi) is 6.97. The van der Waals surface area contributed by atoms with Crippen LogP contribution in [0.25, 0.3) is 0 Å². The molecule has 0 bridgehead atoms. The van der Waals surface area contributed by atoms with Gasteiger partial charge in [0.1, 0.15) is 5.82 Å². The van der Waals surface area contributed by atoms with Gasteiger partial charge in [-0.1, -0.05) is 13.8 Å². The summed E-state index contributed by atoms with van der Waals surface area (Å²) in [5.74, 6) is 1.51. The molecule has 6 heteroatoms. The van der Waals surface area contributed by atoms with Gasteiger partial charge in [0.15, 0.2) is 0 Å². The number of likely N-dealkylation sites (N-methyl/N-ethyl adjacent to an activating group) is 1. The Morgan fingerprint density at radius 1 is 1.28 bits per heavy atom. The summed E-state index contributed by atoms with van der Waals surface area (Å²) in [6.45, 7) is 8.06. The summed E-state index contributed by atoms with van der Waals surface area (Å²) < 4.78 is 0.892. The molecule has 0 aliphatic carbocycles. The van der Waals surface area contributed by atoms with Crippen molar-refractivity contribution in [2.75, 3.05) is 43.9 Å². The Labute approximate surface area is 118 Å². The molecule has 0 aromatic carbocycles. The molecule has 102 valence electrons. The lowest BCUT2D eigenvalue weighted by Gasteiger charge is -2.15. The number of halogens is 1. The van der Waals surface area contributed by atoms with Crippen LogP contribution in [0.2, 0.25) is 0 Å². The van der Waals surface area contributed by atoms with Crippen molar-refractivity contribution in [1.29, 1.82) is 0 Å². The van der Waals surface area contributed by atoms with Gasteiger partial charge < -0.3 is 15.5 Å². The van der Waals surface area contributed by atoms with Gasteiger partial charge in [0.25, 0.3) is 0 Å². The number of hydrogen-bond donors (Lipinski definition) is 2. The molecule has 1 aromatic rings. The van der Waals surface area contributed by atoms with Gasteiger partial charge in [-0.3, -0.25) is 0 Å². The van der Waals surface area contributed by atoms with Gasteiger partial charge in [-0.15, -0.1) is 0 Å². The monoisotopic (exact) mass is 315 g/mol. The SMILES string of the molecule is CCCNc1ncc(Br)c(NCCN(C)CC)n1. The maximum atomic E-state index is 4.43. The molecule has 0 unspecified atom stereocenters. The Morgan fingerprint density at radius 3 is 2.72 bits per heavy atom. The lowest BCUT2D eigenvalue weighted by Crippen LogP contribution is -2.25. The topological polar surface area (TPSA) is 53.1 Å². The smallest absolute Gasteiger partial charge is 0.224 e. The molecular weight excluding hydrogens is 294 g/mol. The van der Waals surface area contributed by atoms with E-state index in [0.29, 0.717) is 5.95 Å². The molecule has 0 saturated heterocycles. The Bertz CT molecular complexity index is 358. The molecule has 0 amide bonds. The van der Waals surface area contributed by atoms with E-state index < -0.39 is 0 Å².